The maximum Gasteiger partial charge on any atom is 0.191 e. The lowest BCUT2D eigenvalue weighted by atomic mass is 10.1. The van der Waals surface area contributed by atoms with E-state index in [1.54, 1.807) is 12.1 Å². The lowest BCUT2D eigenvalue weighted by molar-refractivity contribution is 0.290. The van der Waals surface area contributed by atoms with E-state index in [1.807, 2.05) is 35.9 Å². The van der Waals surface area contributed by atoms with Crippen LogP contribution in [0.2, 0.25) is 0 Å². The summed E-state index contributed by atoms with van der Waals surface area (Å²) in [6.45, 7) is 4.47. The summed E-state index contributed by atoms with van der Waals surface area (Å²) in [5, 5.41) is 9.09. The summed E-state index contributed by atoms with van der Waals surface area (Å²) in [4.78, 5) is 0. The molecule has 25 heavy (non-hydrogen) atoms. The second-order valence-corrected chi connectivity index (χ2v) is 6.82. The summed E-state index contributed by atoms with van der Waals surface area (Å²) in [6.07, 6.45) is 0. The first-order valence-electron chi connectivity index (χ1n) is 7.99. The first kappa shape index (κ1) is 17.5. The van der Waals surface area contributed by atoms with Gasteiger partial charge in [0.25, 0.3) is 0 Å². The van der Waals surface area contributed by atoms with Gasteiger partial charge in [-0.2, -0.15) is 0 Å². The molecular weight excluding hydrogens is 337 g/mol. The van der Waals surface area contributed by atoms with Crippen LogP contribution in [0.15, 0.2) is 47.6 Å². The van der Waals surface area contributed by atoms with Gasteiger partial charge in [0.15, 0.2) is 11.0 Å². The summed E-state index contributed by atoms with van der Waals surface area (Å²) in [5.74, 6) is 1.85. The van der Waals surface area contributed by atoms with Crippen LogP contribution in [-0.4, -0.2) is 14.8 Å². The molecule has 3 aromatic rings. The van der Waals surface area contributed by atoms with E-state index in [0.717, 1.165) is 16.7 Å². The van der Waals surface area contributed by atoms with Crippen molar-refractivity contribution < 1.29 is 9.13 Å². The molecule has 0 bridgehead atoms. The normalized spacial score (nSPS) is 10.9. The average molecular weight is 357 g/mol. The Morgan fingerprint density at radius 1 is 1.08 bits per heavy atom. The first-order chi connectivity index (χ1) is 12.0. The van der Waals surface area contributed by atoms with Crippen LogP contribution in [0.4, 0.5) is 4.39 Å². The van der Waals surface area contributed by atoms with Crippen molar-refractivity contribution in [1.29, 1.82) is 0 Å². The molecule has 0 N–H and O–H groups in total. The lowest BCUT2D eigenvalue weighted by Gasteiger charge is -2.08. The molecule has 1 heterocycles. The SMILES string of the molecule is Cc1ccc(OCc2nnc(SCc3ccccc3F)n2C)cc1C. The molecule has 6 heteroatoms. The number of thioether (sulfide) groups is 1. The van der Waals surface area contributed by atoms with Crippen LogP contribution >= 0.6 is 11.8 Å². The summed E-state index contributed by atoms with van der Waals surface area (Å²) < 4.78 is 21.4. The molecule has 0 radical (unpaired) electrons. The molecule has 0 spiro atoms. The fraction of sp³-hybridized carbons (Fsp3) is 0.263. The van der Waals surface area contributed by atoms with Gasteiger partial charge in [0.2, 0.25) is 0 Å². The number of ether oxygens (including phenoxy) is 1. The Morgan fingerprint density at radius 3 is 2.64 bits per heavy atom. The van der Waals surface area contributed by atoms with Crippen molar-refractivity contribution in [1.82, 2.24) is 14.8 Å². The van der Waals surface area contributed by atoms with E-state index in [0.29, 0.717) is 17.9 Å². The van der Waals surface area contributed by atoms with Crippen molar-refractivity contribution in [3.63, 3.8) is 0 Å². The number of aromatic nitrogens is 3. The third-order valence-corrected chi connectivity index (χ3v) is 5.16. The van der Waals surface area contributed by atoms with Gasteiger partial charge in [0.1, 0.15) is 18.2 Å². The van der Waals surface area contributed by atoms with Gasteiger partial charge >= 0.3 is 0 Å². The van der Waals surface area contributed by atoms with E-state index < -0.39 is 0 Å². The zero-order chi connectivity index (χ0) is 17.8. The molecular formula is C19H20FN3OS. The number of rotatable bonds is 6. The fourth-order valence-corrected chi connectivity index (χ4v) is 3.22. The van der Waals surface area contributed by atoms with Crippen LogP contribution < -0.4 is 4.74 Å². The second kappa shape index (κ2) is 7.70. The van der Waals surface area contributed by atoms with Gasteiger partial charge in [-0.3, -0.25) is 0 Å². The minimum absolute atomic E-state index is 0.199. The monoisotopic (exact) mass is 357 g/mol. The number of hydrogen-bond acceptors (Lipinski definition) is 4. The number of nitrogens with zero attached hydrogens (tertiary/aromatic N) is 3. The van der Waals surface area contributed by atoms with E-state index in [1.165, 1.54) is 29.0 Å². The van der Waals surface area contributed by atoms with E-state index >= 15 is 0 Å². The van der Waals surface area contributed by atoms with E-state index in [4.69, 9.17) is 4.74 Å². The highest BCUT2D eigenvalue weighted by Gasteiger charge is 2.11. The van der Waals surface area contributed by atoms with Gasteiger partial charge in [0, 0.05) is 12.8 Å². The Labute approximate surface area is 151 Å². The topological polar surface area (TPSA) is 39.9 Å². The Kier molecular flexibility index (Phi) is 5.38. The van der Waals surface area contributed by atoms with Gasteiger partial charge in [-0.1, -0.05) is 36.0 Å². The zero-order valence-corrected chi connectivity index (χ0v) is 15.3. The molecule has 2 aromatic carbocycles. The fourth-order valence-electron chi connectivity index (χ4n) is 2.31. The number of hydrogen-bond donors (Lipinski definition) is 0. The molecule has 0 aliphatic rings. The van der Waals surface area contributed by atoms with Crippen molar-refractivity contribution in [2.75, 3.05) is 0 Å². The maximum absolute atomic E-state index is 13.7. The number of aryl methyl sites for hydroxylation is 2. The van der Waals surface area contributed by atoms with Gasteiger partial charge in [0.05, 0.1) is 0 Å². The molecule has 0 amide bonds. The van der Waals surface area contributed by atoms with Crippen LogP contribution in [0.5, 0.6) is 5.75 Å². The Hall–Kier alpha value is -2.34. The molecule has 3 rings (SSSR count). The van der Waals surface area contributed by atoms with E-state index in [2.05, 4.69) is 24.0 Å². The summed E-state index contributed by atoms with van der Waals surface area (Å²) >= 11 is 1.46. The van der Waals surface area contributed by atoms with Crippen LogP contribution in [-0.2, 0) is 19.4 Å². The van der Waals surface area contributed by atoms with Crippen molar-refractivity contribution >= 4 is 11.8 Å². The largest absolute Gasteiger partial charge is 0.486 e. The average Bonchev–Trinajstić information content (AvgIpc) is 2.95. The van der Waals surface area contributed by atoms with E-state index in [-0.39, 0.29) is 5.82 Å². The molecule has 0 unspecified atom stereocenters. The molecule has 130 valence electrons. The number of benzene rings is 2. The van der Waals surface area contributed by atoms with Crippen LogP contribution in [0, 0.1) is 19.7 Å². The van der Waals surface area contributed by atoms with E-state index in [9.17, 15) is 4.39 Å². The highest BCUT2D eigenvalue weighted by Crippen LogP contribution is 2.23. The molecule has 0 saturated carbocycles. The third kappa shape index (κ3) is 4.20. The van der Waals surface area contributed by atoms with Gasteiger partial charge in [-0.25, -0.2) is 4.39 Å². The lowest BCUT2D eigenvalue weighted by Crippen LogP contribution is -2.04. The van der Waals surface area contributed by atoms with Crippen molar-refractivity contribution in [2.45, 2.75) is 31.4 Å². The number of halogens is 1. The zero-order valence-electron chi connectivity index (χ0n) is 14.5. The standard InChI is InChI=1S/C19H20FN3OS/c1-13-8-9-16(10-14(13)2)24-11-18-21-22-19(23(18)3)25-12-15-6-4-5-7-17(15)20/h4-10H,11-12H2,1-3H3. The van der Waals surface area contributed by atoms with Crippen LogP contribution in [0.1, 0.15) is 22.5 Å². The molecule has 0 aliphatic carbocycles. The van der Waals surface area contributed by atoms with Gasteiger partial charge in [-0.05, 0) is 48.7 Å². The van der Waals surface area contributed by atoms with Gasteiger partial charge in [-0.15, -0.1) is 10.2 Å². The highest BCUT2D eigenvalue weighted by atomic mass is 32.2. The summed E-state index contributed by atoms with van der Waals surface area (Å²) in [7, 11) is 1.89. The molecule has 0 aliphatic heterocycles. The second-order valence-electron chi connectivity index (χ2n) is 5.87. The third-order valence-electron chi connectivity index (χ3n) is 4.09. The predicted octanol–water partition coefficient (Wildman–Crippen LogP) is 4.44. The Balaban J connectivity index is 1.62. The molecule has 1 aromatic heterocycles. The Bertz CT molecular complexity index is 879. The maximum atomic E-state index is 13.7. The smallest absolute Gasteiger partial charge is 0.191 e. The molecule has 4 nitrogen and oxygen atoms in total. The quantitative estimate of drug-likeness (QED) is 0.612. The van der Waals surface area contributed by atoms with Gasteiger partial charge < -0.3 is 9.30 Å². The minimum Gasteiger partial charge on any atom is -0.486 e. The van der Waals surface area contributed by atoms with Crippen molar-refractivity contribution in [3.8, 4) is 5.75 Å². The molecule has 0 fully saturated rings. The predicted molar refractivity (Wildman–Crippen MR) is 97.2 cm³/mol. The Morgan fingerprint density at radius 2 is 1.88 bits per heavy atom. The van der Waals surface area contributed by atoms with Crippen molar-refractivity contribution in [2.24, 2.45) is 7.05 Å². The first-order valence-corrected chi connectivity index (χ1v) is 8.97. The summed E-state index contributed by atoms with van der Waals surface area (Å²) in [5.41, 5.74) is 3.08. The van der Waals surface area contributed by atoms with Crippen LogP contribution in [0.25, 0.3) is 0 Å². The summed E-state index contributed by atoms with van der Waals surface area (Å²) in [6, 6.07) is 12.8. The molecule has 0 atom stereocenters. The van der Waals surface area contributed by atoms with Crippen LogP contribution in [0.3, 0.4) is 0 Å². The minimum atomic E-state index is -0.199. The highest BCUT2D eigenvalue weighted by molar-refractivity contribution is 7.98. The van der Waals surface area contributed by atoms with Crippen molar-refractivity contribution in [3.05, 3.63) is 70.8 Å². The molecule has 0 saturated heterocycles.